The van der Waals surface area contributed by atoms with Gasteiger partial charge in [0.2, 0.25) is 5.91 Å². The maximum absolute atomic E-state index is 13.3. The molecule has 0 bridgehead atoms. The van der Waals surface area contributed by atoms with Gasteiger partial charge in [-0.25, -0.2) is 13.9 Å². The van der Waals surface area contributed by atoms with E-state index in [4.69, 9.17) is 4.74 Å². The van der Waals surface area contributed by atoms with E-state index in [0.717, 1.165) is 36.2 Å². The molecule has 174 valence electrons. The van der Waals surface area contributed by atoms with Crippen LogP contribution in [0.3, 0.4) is 0 Å². The van der Waals surface area contributed by atoms with E-state index in [-0.39, 0.29) is 17.4 Å². The van der Waals surface area contributed by atoms with E-state index in [1.54, 1.807) is 39.9 Å². The molecule has 2 heterocycles. The fourth-order valence-electron chi connectivity index (χ4n) is 4.47. The van der Waals surface area contributed by atoms with Crippen molar-refractivity contribution in [2.24, 2.45) is 0 Å². The first-order valence-corrected chi connectivity index (χ1v) is 11.2. The Bertz CT molecular complexity index is 1270. The van der Waals surface area contributed by atoms with E-state index in [2.05, 4.69) is 10.4 Å². The number of nitrogens with zero attached hydrogens (tertiary/aromatic N) is 3. The van der Waals surface area contributed by atoms with Crippen molar-refractivity contribution in [1.29, 1.82) is 0 Å². The van der Waals surface area contributed by atoms with Crippen LogP contribution in [0.4, 0.5) is 15.8 Å². The molecule has 1 saturated heterocycles. The summed E-state index contributed by atoms with van der Waals surface area (Å²) >= 11 is 0. The highest BCUT2D eigenvalue weighted by molar-refractivity contribution is 5.98. The summed E-state index contributed by atoms with van der Waals surface area (Å²) in [6.07, 6.45) is 3.66. The molecule has 0 spiro atoms. The van der Waals surface area contributed by atoms with Crippen LogP contribution < -0.4 is 10.2 Å². The van der Waals surface area contributed by atoms with Gasteiger partial charge in [-0.1, -0.05) is 6.07 Å². The largest absolute Gasteiger partial charge is 0.451 e. The van der Waals surface area contributed by atoms with E-state index in [0.29, 0.717) is 30.8 Å². The number of esters is 1. The van der Waals surface area contributed by atoms with Gasteiger partial charge in [0, 0.05) is 35.6 Å². The minimum absolute atomic E-state index is 0.0602. The minimum atomic E-state index is -0.675. The molecule has 2 aliphatic rings. The average molecular weight is 462 g/mol. The van der Waals surface area contributed by atoms with Gasteiger partial charge in [-0.15, -0.1) is 0 Å². The topological polar surface area (TPSA) is 93.5 Å². The minimum Gasteiger partial charge on any atom is -0.451 e. The quantitative estimate of drug-likeness (QED) is 0.567. The number of hydrogen-bond acceptors (Lipinski definition) is 5. The van der Waals surface area contributed by atoms with Crippen molar-refractivity contribution >= 4 is 29.2 Å². The fraction of sp³-hybridized carbons (Fsp3) is 0.280. The van der Waals surface area contributed by atoms with Crippen molar-refractivity contribution in [3.8, 4) is 5.69 Å². The Hall–Kier alpha value is -4.01. The van der Waals surface area contributed by atoms with Crippen molar-refractivity contribution in [2.45, 2.75) is 32.1 Å². The molecule has 9 heteroatoms. The number of rotatable bonds is 6. The number of amides is 2. The van der Waals surface area contributed by atoms with Crippen LogP contribution >= 0.6 is 0 Å². The molecule has 0 atom stereocenters. The number of aromatic nitrogens is 2. The lowest BCUT2D eigenvalue weighted by Gasteiger charge is -2.16. The summed E-state index contributed by atoms with van der Waals surface area (Å²) in [5.41, 5.74) is 3.78. The Morgan fingerprint density at radius 3 is 2.62 bits per heavy atom. The van der Waals surface area contributed by atoms with Crippen LogP contribution in [0.2, 0.25) is 0 Å². The fourth-order valence-corrected chi connectivity index (χ4v) is 4.47. The smallest absolute Gasteiger partial charge is 0.359 e. The summed E-state index contributed by atoms with van der Waals surface area (Å²) < 4.78 is 20.2. The number of nitrogens with one attached hydrogen (secondary N) is 1. The lowest BCUT2D eigenvalue weighted by molar-refractivity contribution is -0.119. The summed E-state index contributed by atoms with van der Waals surface area (Å²) in [5.74, 6) is -1.46. The zero-order valence-electron chi connectivity index (χ0n) is 18.4. The summed E-state index contributed by atoms with van der Waals surface area (Å²) in [6, 6.07) is 12.9. The molecule has 5 rings (SSSR count). The molecule has 1 N–H and O–H groups in total. The maximum atomic E-state index is 13.3. The second-order valence-electron chi connectivity index (χ2n) is 8.34. The van der Waals surface area contributed by atoms with Gasteiger partial charge < -0.3 is 15.0 Å². The molecule has 1 aliphatic heterocycles. The van der Waals surface area contributed by atoms with Crippen molar-refractivity contribution in [3.63, 3.8) is 0 Å². The van der Waals surface area contributed by atoms with E-state index in [9.17, 15) is 18.8 Å². The predicted molar refractivity (Wildman–Crippen MR) is 122 cm³/mol. The van der Waals surface area contributed by atoms with Crippen LogP contribution in [0.5, 0.6) is 0 Å². The third-order valence-electron chi connectivity index (χ3n) is 6.04. The molecular weight excluding hydrogens is 439 g/mol. The average Bonchev–Trinajstić information content (AvgIpc) is 3.55. The van der Waals surface area contributed by atoms with Crippen LogP contribution in [0, 0.1) is 5.82 Å². The van der Waals surface area contributed by atoms with E-state index in [1.807, 2.05) is 6.07 Å². The van der Waals surface area contributed by atoms with Gasteiger partial charge in [0.05, 0.1) is 5.69 Å². The summed E-state index contributed by atoms with van der Waals surface area (Å²) in [6.45, 7) is 0.187. The van der Waals surface area contributed by atoms with Gasteiger partial charge in [-0.2, -0.15) is 5.10 Å². The number of hydrogen-bond donors (Lipinski definition) is 1. The summed E-state index contributed by atoms with van der Waals surface area (Å²) in [7, 11) is 0. The molecule has 0 unspecified atom stereocenters. The predicted octanol–water partition coefficient (Wildman–Crippen LogP) is 3.42. The number of carbonyl (C=O) groups is 3. The second kappa shape index (κ2) is 9.09. The monoisotopic (exact) mass is 462 g/mol. The van der Waals surface area contributed by atoms with E-state index >= 15 is 0 Å². The summed E-state index contributed by atoms with van der Waals surface area (Å²) in [5, 5.41) is 7.11. The molecule has 1 aliphatic carbocycles. The molecule has 1 fully saturated rings. The number of ether oxygens (including phenoxy) is 1. The van der Waals surface area contributed by atoms with Crippen LogP contribution in [0.25, 0.3) is 5.69 Å². The molecule has 1 aromatic heterocycles. The molecule has 8 nitrogen and oxygen atoms in total. The standard InChI is InChI=1S/C25H23FN4O4/c26-16-9-11-18(12-10-16)30-21-7-2-6-20(21)24(28-30)25(33)34-15-22(31)27-17-4-1-5-19(14-17)29-13-3-8-23(29)32/h1,4-5,9-12,14H,2-3,6-8,13,15H2,(H,27,31). The van der Waals surface area contributed by atoms with E-state index in [1.165, 1.54) is 12.1 Å². The Balaban J connectivity index is 1.24. The Kier molecular flexibility index (Phi) is 5.83. The molecule has 0 radical (unpaired) electrons. The van der Waals surface area contributed by atoms with Gasteiger partial charge in [0.15, 0.2) is 12.3 Å². The Morgan fingerprint density at radius 2 is 1.85 bits per heavy atom. The zero-order chi connectivity index (χ0) is 23.7. The van der Waals surface area contributed by atoms with Gasteiger partial charge >= 0.3 is 5.97 Å². The highest BCUT2D eigenvalue weighted by Crippen LogP contribution is 2.28. The van der Waals surface area contributed by atoms with Crippen LogP contribution in [-0.4, -0.2) is 40.7 Å². The lowest BCUT2D eigenvalue weighted by atomic mass is 10.2. The first kappa shape index (κ1) is 21.8. The number of halogens is 1. The molecule has 3 aromatic rings. The number of carbonyl (C=O) groups excluding carboxylic acids is 3. The number of anilines is 2. The number of benzene rings is 2. The third kappa shape index (κ3) is 4.28. The van der Waals surface area contributed by atoms with Gasteiger partial charge in [0.25, 0.3) is 5.91 Å². The normalized spacial score (nSPS) is 14.9. The second-order valence-corrected chi connectivity index (χ2v) is 8.34. The zero-order valence-corrected chi connectivity index (χ0v) is 18.4. The van der Waals surface area contributed by atoms with Crippen LogP contribution in [0.15, 0.2) is 48.5 Å². The molecule has 2 amide bonds. The summed E-state index contributed by atoms with van der Waals surface area (Å²) in [4.78, 5) is 38.8. The SMILES string of the molecule is O=C(COC(=O)c1nn(-c2ccc(F)cc2)c2c1CCC2)Nc1cccc(N2CCCC2=O)c1. The van der Waals surface area contributed by atoms with Crippen molar-refractivity contribution < 1.29 is 23.5 Å². The highest BCUT2D eigenvalue weighted by Gasteiger charge is 2.28. The van der Waals surface area contributed by atoms with Gasteiger partial charge in [-0.05, 0) is 68.1 Å². The molecule has 34 heavy (non-hydrogen) atoms. The van der Waals surface area contributed by atoms with Crippen molar-refractivity contribution in [1.82, 2.24) is 9.78 Å². The van der Waals surface area contributed by atoms with Crippen molar-refractivity contribution in [2.75, 3.05) is 23.4 Å². The maximum Gasteiger partial charge on any atom is 0.359 e. The van der Waals surface area contributed by atoms with Gasteiger partial charge in [-0.3, -0.25) is 9.59 Å². The Morgan fingerprint density at radius 1 is 1.03 bits per heavy atom. The Labute approximate surface area is 195 Å². The van der Waals surface area contributed by atoms with Crippen LogP contribution in [0.1, 0.15) is 41.0 Å². The highest BCUT2D eigenvalue weighted by atomic mass is 19.1. The molecule has 2 aromatic carbocycles. The van der Waals surface area contributed by atoms with E-state index < -0.39 is 18.5 Å². The lowest BCUT2D eigenvalue weighted by Crippen LogP contribution is -2.24. The van der Waals surface area contributed by atoms with Crippen LogP contribution in [-0.2, 0) is 27.2 Å². The first-order valence-electron chi connectivity index (χ1n) is 11.2. The van der Waals surface area contributed by atoms with Gasteiger partial charge in [0.1, 0.15) is 5.82 Å². The molecular formula is C25H23FN4O4. The first-order chi connectivity index (χ1) is 16.5. The van der Waals surface area contributed by atoms with Crippen molar-refractivity contribution in [3.05, 3.63) is 71.3 Å². The number of fused-ring (bicyclic) bond motifs is 1. The molecule has 0 saturated carbocycles. The third-order valence-corrected chi connectivity index (χ3v) is 6.04.